The zero-order chi connectivity index (χ0) is 21.9. The summed E-state index contributed by atoms with van der Waals surface area (Å²) in [5.74, 6) is -0.465. The summed E-state index contributed by atoms with van der Waals surface area (Å²) in [6.45, 7) is 8.08. The van der Waals surface area contributed by atoms with Gasteiger partial charge >= 0.3 is 5.97 Å². The van der Waals surface area contributed by atoms with Crippen LogP contribution in [0.15, 0.2) is 18.2 Å². The number of morpholine rings is 1. The first-order valence-electron chi connectivity index (χ1n) is 10.2. The first-order chi connectivity index (χ1) is 14.5. The topological polar surface area (TPSA) is 103 Å². The first kappa shape index (κ1) is 23.5. The van der Waals surface area contributed by atoms with E-state index in [9.17, 15) is 14.4 Å². The maximum Gasteiger partial charge on any atom is 0.339 e. The molecule has 0 radical (unpaired) electrons. The minimum Gasteiger partial charge on any atom is -0.490 e. The lowest BCUT2D eigenvalue weighted by Gasteiger charge is -2.26. The predicted molar refractivity (Wildman–Crippen MR) is 109 cm³/mol. The molecule has 0 bridgehead atoms. The third-order valence-corrected chi connectivity index (χ3v) is 4.40. The summed E-state index contributed by atoms with van der Waals surface area (Å²) in [7, 11) is 0. The maximum absolute atomic E-state index is 12.4. The highest BCUT2D eigenvalue weighted by atomic mass is 16.5. The number of ether oxygens (including phenoxy) is 4. The lowest BCUT2D eigenvalue weighted by atomic mass is 10.2. The van der Waals surface area contributed by atoms with Crippen molar-refractivity contribution in [3.8, 4) is 11.5 Å². The lowest BCUT2D eigenvalue weighted by Crippen LogP contribution is -2.43. The highest BCUT2D eigenvalue weighted by Crippen LogP contribution is 2.29. The van der Waals surface area contributed by atoms with Crippen molar-refractivity contribution in [3.63, 3.8) is 0 Å². The van der Waals surface area contributed by atoms with E-state index in [1.165, 1.54) is 19.1 Å². The fourth-order valence-corrected chi connectivity index (χ4v) is 2.74. The molecule has 166 valence electrons. The number of hydrogen-bond acceptors (Lipinski definition) is 7. The first-order valence-corrected chi connectivity index (χ1v) is 10.2. The van der Waals surface area contributed by atoms with Crippen LogP contribution in [0.2, 0.25) is 0 Å². The van der Waals surface area contributed by atoms with Crippen LogP contribution in [-0.4, -0.2) is 74.8 Å². The van der Waals surface area contributed by atoms with Crippen molar-refractivity contribution in [3.05, 3.63) is 23.8 Å². The molecule has 2 amide bonds. The third-order valence-electron chi connectivity index (χ3n) is 4.40. The van der Waals surface area contributed by atoms with E-state index in [-0.39, 0.29) is 24.0 Å². The highest BCUT2D eigenvalue weighted by Gasteiger charge is 2.21. The number of rotatable bonds is 10. The maximum atomic E-state index is 12.4. The molecule has 1 aromatic carbocycles. The van der Waals surface area contributed by atoms with Crippen molar-refractivity contribution >= 4 is 17.8 Å². The second-order valence-electron chi connectivity index (χ2n) is 6.71. The molecule has 1 fully saturated rings. The zero-order valence-electron chi connectivity index (χ0n) is 17.8. The standard InChI is InChI=1S/C21H30N2O7/c1-4-8-22-20(25)15(3)30-21(26)16-6-7-17(18(13-16)28-5-2)29-14-19(24)23-9-11-27-12-10-23/h6-7,13,15H,4-5,8-12,14H2,1-3H3,(H,22,25)/t15-/m1/s1. The van der Waals surface area contributed by atoms with Crippen LogP contribution in [0.5, 0.6) is 11.5 Å². The number of amides is 2. The molecule has 1 aliphatic rings. The van der Waals surface area contributed by atoms with Crippen molar-refractivity contribution in [1.82, 2.24) is 10.2 Å². The Hall–Kier alpha value is -2.81. The summed E-state index contributed by atoms with van der Waals surface area (Å²) in [4.78, 5) is 38.2. The van der Waals surface area contributed by atoms with E-state index in [2.05, 4.69) is 5.32 Å². The normalized spacial score (nSPS) is 14.6. The number of carbonyl (C=O) groups excluding carboxylic acids is 3. The van der Waals surface area contributed by atoms with Crippen LogP contribution in [0.4, 0.5) is 0 Å². The van der Waals surface area contributed by atoms with E-state index in [0.29, 0.717) is 51.0 Å². The molecule has 30 heavy (non-hydrogen) atoms. The van der Waals surface area contributed by atoms with Gasteiger partial charge in [0, 0.05) is 19.6 Å². The Labute approximate surface area is 176 Å². The minimum absolute atomic E-state index is 0.140. The van der Waals surface area contributed by atoms with E-state index in [4.69, 9.17) is 18.9 Å². The minimum atomic E-state index is -0.915. The number of nitrogens with zero attached hydrogens (tertiary/aromatic N) is 1. The number of hydrogen-bond donors (Lipinski definition) is 1. The van der Waals surface area contributed by atoms with E-state index in [1.54, 1.807) is 17.9 Å². The molecule has 9 nitrogen and oxygen atoms in total. The van der Waals surface area contributed by atoms with Crippen LogP contribution in [0.3, 0.4) is 0 Å². The van der Waals surface area contributed by atoms with Crippen LogP contribution in [0, 0.1) is 0 Å². The smallest absolute Gasteiger partial charge is 0.339 e. The molecule has 2 rings (SSSR count). The SMILES string of the molecule is CCCNC(=O)[C@@H](C)OC(=O)c1ccc(OCC(=O)N2CCOCC2)c(OCC)c1. The Kier molecular flexibility index (Phi) is 9.40. The van der Waals surface area contributed by atoms with E-state index in [0.717, 1.165) is 6.42 Å². The van der Waals surface area contributed by atoms with E-state index < -0.39 is 12.1 Å². The van der Waals surface area contributed by atoms with Crippen molar-refractivity contribution in [2.45, 2.75) is 33.3 Å². The Bertz CT molecular complexity index is 732. The zero-order valence-corrected chi connectivity index (χ0v) is 17.8. The fraction of sp³-hybridized carbons (Fsp3) is 0.571. The molecule has 9 heteroatoms. The summed E-state index contributed by atoms with van der Waals surface area (Å²) in [6, 6.07) is 4.54. The molecule has 1 atom stereocenters. The van der Waals surface area contributed by atoms with Crippen LogP contribution < -0.4 is 14.8 Å². The van der Waals surface area contributed by atoms with Gasteiger partial charge in [-0.15, -0.1) is 0 Å². The van der Waals surface area contributed by atoms with Gasteiger partial charge in [-0.25, -0.2) is 4.79 Å². The summed E-state index contributed by atoms with van der Waals surface area (Å²) >= 11 is 0. The average Bonchev–Trinajstić information content (AvgIpc) is 2.76. The van der Waals surface area contributed by atoms with Gasteiger partial charge in [0.1, 0.15) is 0 Å². The van der Waals surface area contributed by atoms with Gasteiger partial charge < -0.3 is 29.2 Å². The second kappa shape index (κ2) is 12.0. The predicted octanol–water partition coefficient (Wildman–Crippen LogP) is 1.39. The highest BCUT2D eigenvalue weighted by molar-refractivity contribution is 5.92. The van der Waals surface area contributed by atoms with Crippen molar-refractivity contribution in [2.75, 3.05) is 46.1 Å². The van der Waals surface area contributed by atoms with Crippen LogP contribution in [0.1, 0.15) is 37.6 Å². The molecular weight excluding hydrogens is 392 g/mol. The Morgan fingerprint density at radius 2 is 1.87 bits per heavy atom. The van der Waals surface area contributed by atoms with Gasteiger partial charge in [-0.2, -0.15) is 0 Å². The van der Waals surface area contributed by atoms with Gasteiger partial charge in [0.2, 0.25) is 0 Å². The van der Waals surface area contributed by atoms with Gasteiger partial charge in [0.15, 0.2) is 24.2 Å². The quantitative estimate of drug-likeness (QED) is 0.569. The Balaban J connectivity index is 2.00. The molecule has 0 aromatic heterocycles. The number of nitrogens with one attached hydrogen (secondary N) is 1. The Morgan fingerprint density at radius 1 is 1.13 bits per heavy atom. The van der Waals surface area contributed by atoms with E-state index in [1.807, 2.05) is 6.92 Å². The number of esters is 1. The molecular formula is C21H30N2O7. The van der Waals surface area contributed by atoms with Crippen molar-refractivity contribution in [2.24, 2.45) is 0 Å². The summed E-state index contributed by atoms with van der Waals surface area (Å²) in [5.41, 5.74) is 0.223. The molecule has 0 unspecified atom stereocenters. The molecule has 1 aromatic rings. The van der Waals surface area contributed by atoms with Crippen LogP contribution in [0.25, 0.3) is 0 Å². The van der Waals surface area contributed by atoms with Crippen LogP contribution >= 0.6 is 0 Å². The van der Waals surface area contributed by atoms with Gasteiger partial charge in [-0.1, -0.05) is 6.92 Å². The summed E-state index contributed by atoms with van der Waals surface area (Å²) < 4.78 is 21.6. The molecule has 0 aliphatic carbocycles. The number of carbonyl (C=O) groups is 3. The fourth-order valence-electron chi connectivity index (χ4n) is 2.74. The largest absolute Gasteiger partial charge is 0.490 e. The summed E-state index contributed by atoms with van der Waals surface area (Å²) in [5, 5.41) is 2.68. The van der Waals surface area contributed by atoms with Gasteiger partial charge in [0.25, 0.3) is 11.8 Å². The van der Waals surface area contributed by atoms with E-state index >= 15 is 0 Å². The lowest BCUT2D eigenvalue weighted by molar-refractivity contribution is -0.137. The molecule has 1 aliphatic heterocycles. The van der Waals surface area contributed by atoms with Crippen molar-refractivity contribution in [1.29, 1.82) is 0 Å². The molecule has 1 N–H and O–H groups in total. The van der Waals surface area contributed by atoms with Gasteiger partial charge in [0.05, 0.1) is 25.4 Å². The molecule has 0 spiro atoms. The van der Waals surface area contributed by atoms with Gasteiger partial charge in [-0.05, 0) is 38.5 Å². The number of benzene rings is 1. The van der Waals surface area contributed by atoms with Gasteiger partial charge in [-0.3, -0.25) is 9.59 Å². The van der Waals surface area contributed by atoms with Crippen LogP contribution in [-0.2, 0) is 19.1 Å². The second-order valence-corrected chi connectivity index (χ2v) is 6.71. The third kappa shape index (κ3) is 6.91. The monoisotopic (exact) mass is 422 g/mol. The average molecular weight is 422 g/mol. The summed E-state index contributed by atoms with van der Waals surface area (Å²) in [6.07, 6.45) is -0.124. The molecule has 1 heterocycles. The van der Waals surface area contributed by atoms with Crippen molar-refractivity contribution < 1.29 is 33.3 Å². The Morgan fingerprint density at radius 3 is 2.53 bits per heavy atom. The molecule has 0 saturated carbocycles. The molecule has 1 saturated heterocycles.